The van der Waals surface area contributed by atoms with Gasteiger partial charge in [-0.1, -0.05) is 0 Å². The lowest BCUT2D eigenvalue weighted by atomic mass is 10.3. The van der Waals surface area contributed by atoms with E-state index in [4.69, 9.17) is 9.15 Å². The van der Waals surface area contributed by atoms with Crippen LogP contribution >= 0.6 is 11.3 Å². The van der Waals surface area contributed by atoms with Crippen LogP contribution in [0, 0.1) is 6.92 Å². The molecule has 0 radical (unpaired) electrons. The minimum absolute atomic E-state index is 0.117. The van der Waals surface area contributed by atoms with Crippen molar-refractivity contribution in [3.63, 3.8) is 0 Å². The Balaban J connectivity index is 1.41. The van der Waals surface area contributed by atoms with E-state index in [1.807, 2.05) is 12.3 Å². The van der Waals surface area contributed by atoms with Gasteiger partial charge >= 0.3 is 0 Å². The fourth-order valence-electron chi connectivity index (χ4n) is 2.57. The number of furan rings is 1. The van der Waals surface area contributed by atoms with Gasteiger partial charge in [-0.05, 0) is 43.3 Å². The SMILES string of the molecule is Cc1csc2nc(COc3ccc(NC(=O)c4ccco4)cc3)cc(=O)n12. The number of rotatable bonds is 5. The van der Waals surface area contributed by atoms with Crippen molar-refractivity contribution in [1.82, 2.24) is 9.38 Å². The van der Waals surface area contributed by atoms with E-state index >= 15 is 0 Å². The van der Waals surface area contributed by atoms with E-state index in [9.17, 15) is 9.59 Å². The largest absolute Gasteiger partial charge is 0.487 e. The van der Waals surface area contributed by atoms with Gasteiger partial charge in [0.1, 0.15) is 12.4 Å². The van der Waals surface area contributed by atoms with E-state index in [0.717, 1.165) is 5.69 Å². The van der Waals surface area contributed by atoms with Gasteiger partial charge in [-0.25, -0.2) is 4.98 Å². The molecule has 0 aliphatic heterocycles. The Morgan fingerprint density at radius 2 is 2.11 bits per heavy atom. The highest BCUT2D eigenvalue weighted by molar-refractivity contribution is 7.15. The fraction of sp³-hybridized carbons (Fsp3) is 0.105. The first kappa shape index (κ1) is 17.0. The first-order valence-electron chi connectivity index (χ1n) is 8.15. The molecule has 0 saturated carbocycles. The maximum absolute atomic E-state index is 12.2. The maximum atomic E-state index is 12.2. The van der Waals surface area contributed by atoms with E-state index in [1.165, 1.54) is 23.7 Å². The Bertz CT molecular complexity index is 1140. The van der Waals surface area contributed by atoms with Crippen LogP contribution in [-0.2, 0) is 6.61 Å². The van der Waals surface area contributed by atoms with Crippen molar-refractivity contribution >= 4 is 27.9 Å². The van der Waals surface area contributed by atoms with Gasteiger partial charge in [0.2, 0.25) is 0 Å². The molecule has 0 aliphatic rings. The summed E-state index contributed by atoms with van der Waals surface area (Å²) in [5, 5.41) is 4.62. The molecule has 0 saturated heterocycles. The Morgan fingerprint density at radius 1 is 1.30 bits per heavy atom. The average Bonchev–Trinajstić information content (AvgIpc) is 3.32. The monoisotopic (exact) mass is 381 g/mol. The molecule has 0 atom stereocenters. The summed E-state index contributed by atoms with van der Waals surface area (Å²) >= 11 is 1.42. The van der Waals surface area contributed by atoms with E-state index in [1.54, 1.807) is 40.8 Å². The molecule has 8 heteroatoms. The standard InChI is InChI=1S/C19H15N3O4S/c1-12-11-27-19-21-14(9-17(23)22(12)19)10-26-15-6-4-13(5-7-15)20-18(24)16-3-2-8-25-16/h2-9,11H,10H2,1H3,(H,20,24). The van der Waals surface area contributed by atoms with E-state index in [-0.39, 0.29) is 23.8 Å². The molecule has 136 valence electrons. The van der Waals surface area contributed by atoms with Crippen molar-refractivity contribution < 1.29 is 13.9 Å². The van der Waals surface area contributed by atoms with Gasteiger partial charge in [0, 0.05) is 22.8 Å². The number of thiazole rings is 1. The zero-order chi connectivity index (χ0) is 18.8. The molecule has 4 rings (SSSR count). The summed E-state index contributed by atoms with van der Waals surface area (Å²) < 4.78 is 12.3. The number of nitrogens with zero attached hydrogens (tertiary/aromatic N) is 2. The number of ether oxygens (including phenoxy) is 1. The predicted octanol–water partition coefficient (Wildman–Crippen LogP) is 3.49. The third kappa shape index (κ3) is 3.61. The van der Waals surface area contributed by atoms with Crippen LogP contribution in [0.15, 0.2) is 63.3 Å². The number of carbonyl (C=O) groups excluding carboxylic acids is 1. The molecule has 3 heterocycles. The molecule has 1 amide bonds. The molecule has 27 heavy (non-hydrogen) atoms. The summed E-state index contributed by atoms with van der Waals surface area (Å²) in [6.07, 6.45) is 1.44. The molecule has 7 nitrogen and oxygen atoms in total. The van der Waals surface area contributed by atoms with Crippen LogP contribution in [0.4, 0.5) is 5.69 Å². The van der Waals surface area contributed by atoms with Crippen LogP contribution in [-0.4, -0.2) is 15.3 Å². The Labute approximate surface area is 157 Å². The first-order chi connectivity index (χ1) is 13.1. The normalized spacial score (nSPS) is 10.9. The van der Waals surface area contributed by atoms with Gasteiger partial charge in [0.05, 0.1) is 12.0 Å². The van der Waals surface area contributed by atoms with Gasteiger partial charge in [-0.3, -0.25) is 14.0 Å². The number of hydrogen-bond donors (Lipinski definition) is 1. The molecule has 0 aliphatic carbocycles. The van der Waals surface area contributed by atoms with Gasteiger partial charge < -0.3 is 14.5 Å². The van der Waals surface area contributed by atoms with E-state index in [0.29, 0.717) is 22.1 Å². The lowest BCUT2D eigenvalue weighted by Gasteiger charge is -2.08. The van der Waals surface area contributed by atoms with Gasteiger partial charge in [0.25, 0.3) is 11.5 Å². The van der Waals surface area contributed by atoms with Gasteiger partial charge in [0.15, 0.2) is 10.7 Å². The third-order valence-electron chi connectivity index (χ3n) is 3.87. The number of aryl methyl sites for hydroxylation is 1. The second kappa shape index (κ2) is 7.08. The lowest BCUT2D eigenvalue weighted by molar-refractivity contribution is 0.0996. The van der Waals surface area contributed by atoms with Crippen LogP contribution in [0.25, 0.3) is 4.96 Å². The van der Waals surface area contributed by atoms with E-state index in [2.05, 4.69) is 10.3 Å². The Hall–Kier alpha value is -3.39. The van der Waals surface area contributed by atoms with Crippen molar-refractivity contribution in [3.05, 3.63) is 81.6 Å². The third-order valence-corrected chi connectivity index (χ3v) is 4.82. The summed E-state index contributed by atoms with van der Waals surface area (Å²) in [6, 6.07) is 11.6. The number of hydrogen-bond acceptors (Lipinski definition) is 6. The number of amides is 1. The zero-order valence-electron chi connectivity index (χ0n) is 14.3. The summed E-state index contributed by atoms with van der Waals surface area (Å²) in [7, 11) is 0. The molecule has 0 fully saturated rings. The molecule has 1 aromatic carbocycles. The highest BCUT2D eigenvalue weighted by atomic mass is 32.1. The number of anilines is 1. The number of nitrogens with one attached hydrogen (secondary N) is 1. The number of fused-ring (bicyclic) bond motifs is 1. The summed E-state index contributed by atoms with van der Waals surface area (Å²) in [6.45, 7) is 2.05. The molecular weight excluding hydrogens is 366 g/mol. The topological polar surface area (TPSA) is 85.8 Å². The molecule has 0 spiro atoms. The van der Waals surface area contributed by atoms with Crippen LogP contribution in [0.1, 0.15) is 21.9 Å². The zero-order valence-corrected chi connectivity index (χ0v) is 15.2. The van der Waals surface area contributed by atoms with Crippen LogP contribution < -0.4 is 15.6 Å². The first-order valence-corrected chi connectivity index (χ1v) is 9.02. The molecule has 1 N–H and O–H groups in total. The van der Waals surface area contributed by atoms with Gasteiger partial charge in [-0.2, -0.15) is 0 Å². The number of aromatic nitrogens is 2. The molecule has 0 unspecified atom stereocenters. The molecular formula is C19H15N3O4S. The highest BCUT2D eigenvalue weighted by Crippen LogP contribution is 2.18. The van der Waals surface area contributed by atoms with Crippen LogP contribution in [0.2, 0.25) is 0 Å². The number of carbonyl (C=O) groups is 1. The second-order valence-electron chi connectivity index (χ2n) is 5.83. The second-order valence-corrected chi connectivity index (χ2v) is 6.66. The minimum atomic E-state index is -0.321. The molecule has 4 aromatic rings. The smallest absolute Gasteiger partial charge is 0.291 e. The lowest BCUT2D eigenvalue weighted by Crippen LogP contribution is -2.16. The Kier molecular flexibility index (Phi) is 4.47. The van der Waals surface area contributed by atoms with Crippen molar-refractivity contribution in [2.45, 2.75) is 13.5 Å². The summed E-state index contributed by atoms with van der Waals surface area (Å²) in [4.78, 5) is 29.2. The van der Waals surface area contributed by atoms with Gasteiger partial charge in [-0.15, -0.1) is 11.3 Å². The maximum Gasteiger partial charge on any atom is 0.291 e. The summed E-state index contributed by atoms with van der Waals surface area (Å²) in [5.41, 5.74) is 1.94. The van der Waals surface area contributed by atoms with Crippen molar-refractivity contribution in [1.29, 1.82) is 0 Å². The number of benzene rings is 1. The van der Waals surface area contributed by atoms with Crippen molar-refractivity contribution in [3.8, 4) is 5.75 Å². The van der Waals surface area contributed by atoms with Crippen LogP contribution in [0.3, 0.4) is 0 Å². The van der Waals surface area contributed by atoms with E-state index < -0.39 is 0 Å². The predicted molar refractivity (Wildman–Crippen MR) is 102 cm³/mol. The minimum Gasteiger partial charge on any atom is -0.487 e. The summed E-state index contributed by atoms with van der Waals surface area (Å²) in [5.74, 6) is 0.528. The highest BCUT2D eigenvalue weighted by Gasteiger charge is 2.09. The quantitative estimate of drug-likeness (QED) is 0.572. The molecule has 0 bridgehead atoms. The molecule has 3 aromatic heterocycles. The average molecular weight is 381 g/mol. The fourth-order valence-corrected chi connectivity index (χ4v) is 3.46. The van der Waals surface area contributed by atoms with Crippen LogP contribution in [0.5, 0.6) is 5.75 Å². The van der Waals surface area contributed by atoms with Crippen molar-refractivity contribution in [2.24, 2.45) is 0 Å². The Morgan fingerprint density at radius 3 is 2.85 bits per heavy atom. The van der Waals surface area contributed by atoms with Crippen molar-refractivity contribution in [2.75, 3.05) is 5.32 Å².